The Morgan fingerprint density at radius 1 is 1.67 bits per heavy atom. The molecule has 1 rings (SSSR count). The fraction of sp³-hybridized carbons (Fsp3) is 0.500. The van der Waals surface area contributed by atoms with Crippen molar-refractivity contribution in [2.24, 2.45) is 0 Å². The molecule has 0 aromatic heterocycles. The smallest absolute Gasteiger partial charge is 0.133 e. The quantitative estimate of drug-likeness (QED) is 0.455. The Kier molecular flexibility index (Phi) is 1.44. The first kappa shape index (κ1) is 4.06. The van der Waals surface area contributed by atoms with Gasteiger partial charge in [-0.3, -0.25) is 0 Å². The number of thioether (sulfide) groups is 1. The van der Waals surface area contributed by atoms with E-state index in [0.29, 0.717) is 0 Å². The van der Waals surface area contributed by atoms with E-state index in [9.17, 15) is 0 Å². The average Bonchev–Trinajstić information content (AvgIpc) is 1.72. The largest absolute Gasteiger partial charge is 0.491 e. The molecular weight excluding hydrogens is 96.1 g/mol. The van der Waals surface area contributed by atoms with Crippen molar-refractivity contribution < 1.29 is 4.74 Å². The monoisotopic (exact) mass is 102 g/mol. The van der Waals surface area contributed by atoms with Crippen LogP contribution in [-0.4, -0.2) is 11.7 Å². The van der Waals surface area contributed by atoms with Crippen molar-refractivity contribution >= 4 is 11.8 Å². The molecule has 0 spiro atoms. The fourth-order valence-electron chi connectivity index (χ4n) is 0.311. The van der Waals surface area contributed by atoms with E-state index in [1.54, 1.807) is 18.0 Å². The van der Waals surface area contributed by atoms with E-state index in [1.807, 2.05) is 6.08 Å². The van der Waals surface area contributed by atoms with Crippen LogP contribution < -0.4 is 0 Å². The summed E-state index contributed by atoms with van der Waals surface area (Å²) in [6.07, 6.45) is 3.75. The minimum absolute atomic E-state index is 0.830. The molecule has 0 radical (unpaired) electrons. The first-order chi connectivity index (χ1) is 3.00. The standard InChI is InChI=1S/C4H6OS/c1-2-5-4-6-3-1/h1-2H,3-4H2. The number of hydrogen-bond donors (Lipinski definition) is 0. The van der Waals surface area contributed by atoms with Gasteiger partial charge in [-0.2, -0.15) is 0 Å². The summed E-state index contributed by atoms with van der Waals surface area (Å²) in [5.41, 5.74) is 0. The van der Waals surface area contributed by atoms with E-state index in [2.05, 4.69) is 0 Å². The first-order valence-electron chi connectivity index (χ1n) is 1.84. The second kappa shape index (κ2) is 2.13. The first-order valence-corrected chi connectivity index (χ1v) is 3.00. The molecule has 0 aromatic rings. The summed E-state index contributed by atoms with van der Waals surface area (Å²) in [5, 5.41) is 0. The highest BCUT2D eigenvalue weighted by Crippen LogP contribution is 2.05. The lowest BCUT2D eigenvalue weighted by Crippen LogP contribution is -1.87. The molecule has 0 aromatic carbocycles. The van der Waals surface area contributed by atoms with E-state index >= 15 is 0 Å². The number of hydrogen-bond acceptors (Lipinski definition) is 2. The van der Waals surface area contributed by atoms with Crippen LogP contribution in [0.3, 0.4) is 0 Å². The van der Waals surface area contributed by atoms with Crippen molar-refractivity contribution in [2.75, 3.05) is 11.7 Å². The van der Waals surface area contributed by atoms with Gasteiger partial charge in [0.2, 0.25) is 0 Å². The Bertz CT molecular complexity index is 52.6. The maximum atomic E-state index is 4.85. The molecule has 0 aliphatic carbocycles. The predicted molar refractivity (Wildman–Crippen MR) is 27.5 cm³/mol. The minimum Gasteiger partial charge on any atom is -0.491 e. The van der Waals surface area contributed by atoms with Crippen LogP contribution >= 0.6 is 11.8 Å². The van der Waals surface area contributed by atoms with Crippen molar-refractivity contribution in [3.63, 3.8) is 0 Å². The average molecular weight is 102 g/mol. The molecule has 0 unspecified atom stereocenters. The van der Waals surface area contributed by atoms with Crippen LogP contribution in [0, 0.1) is 0 Å². The van der Waals surface area contributed by atoms with Gasteiger partial charge in [0, 0.05) is 5.75 Å². The van der Waals surface area contributed by atoms with E-state index in [1.165, 1.54) is 0 Å². The summed E-state index contributed by atoms with van der Waals surface area (Å²) < 4.78 is 4.85. The maximum Gasteiger partial charge on any atom is 0.133 e. The van der Waals surface area contributed by atoms with E-state index in [4.69, 9.17) is 4.74 Å². The molecule has 2 heteroatoms. The van der Waals surface area contributed by atoms with Crippen molar-refractivity contribution in [1.29, 1.82) is 0 Å². The van der Waals surface area contributed by atoms with Gasteiger partial charge >= 0.3 is 0 Å². The molecule has 0 atom stereocenters. The maximum absolute atomic E-state index is 4.85. The lowest BCUT2D eigenvalue weighted by molar-refractivity contribution is 0.314. The zero-order valence-corrected chi connectivity index (χ0v) is 4.20. The van der Waals surface area contributed by atoms with Gasteiger partial charge in [0.05, 0.1) is 6.26 Å². The molecule has 1 aliphatic rings. The van der Waals surface area contributed by atoms with Crippen LogP contribution in [0.1, 0.15) is 0 Å². The van der Waals surface area contributed by atoms with Crippen LogP contribution in [0.5, 0.6) is 0 Å². The third-order valence-corrected chi connectivity index (χ3v) is 1.29. The highest BCUT2D eigenvalue weighted by molar-refractivity contribution is 7.99. The molecule has 1 nitrogen and oxygen atoms in total. The van der Waals surface area contributed by atoms with E-state index in [0.717, 1.165) is 11.7 Å². The highest BCUT2D eigenvalue weighted by Gasteiger charge is 1.86. The molecule has 6 heavy (non-hydrogen) atoms. The van der Waals surface area contributed by atoms with Crippen LogP contribution in [0.4, 0.5) is 0 Å². The third-order valence-electron chi connectivity index (χ3n) is 0.558. The van der Waals surface area contributed by atoms with Crippen molar-refractivity contribution in [1.82, 2.24) is 0 Å². The Labute approximate surface area is 41.4 Å². The zero-order valence-electron chi connectivity index (χ0n) is 3.39. The Hall–Kier alpha value is -0.110. The molecule has 0 amide bonds. The number of rotatable bonds is 0. The Morgan fingerprint density at radius 3 is 2.83 bits per heavy atom. The second-order valence-electron chi connectivity index (χ2n) is 1.03. The Morgan fingerprint density at radius 2 is 2.67 bits per heavy atom. The highest BCUT2D eigenvalue weighted by atomic mass is 32.2. The van der Waals surface area contributed by atoms with Crippen molar-refractivity contribution in [3.8, 4) is 0 Å². The van der Waals surface area contributed by atoms with Gasteiger partial charge in [-0.05, 0) is 6.08 Å². The molecule has 0 fully saturated rings. The van der Waals surface area contributed by atoms with Gasteiger partial charge in [-0.1, -0.05) is 0 Å². The lowest BCUT2D eigenvalue weighted by Gasteiger charge is -2.01. The van der Waals surface area contributed by atoms with Gasteiger partial charge in [0.1, 0.15) is 5.94 Å². The van der Waals surface area contributed by atoms with Gasteiger partial charge in [0.25, 0.3) is 0 Å². The molecule has 0 saturated heterocycles. The van der Waals surface area contributed by atoms with Crippen LogP contribution in [0.25, 0.3) is 0 Å². The molecular formula is C4H6OS. The number of ether oxygens (including phenoxy) is 1. The van der Waals surface area contributed by atoms with E-state index in [-0.39, 0.29) is 0 Å². The molecule has 0 saturated carbocycles. The van der Waals surface area contributed by atoms with Crippen LogP contribution in [0.15, 0.2) is 12.3 Å². The van der Waals surface area contributed by atoms with Crippen molar-refractivity contribution in [2.45, 2.75) is 0 Å². The molecule has 1 aliphatic heterocycles. The lowest BCUT2D eigenvalue weighted by atomic mass is 10.7. The van der Waals surface area contributed by atoms with Crippen LogP contribution in [0.2, 0.25) is 0 Å². The molecule has 0 N–H and O–H groups in total. The summed E-state index contributed by atoms with van der Waals surface area (Å²) in [4.78, 5) is 0. The summed E-state index contributed by atoms with van der Waals surface area (Å²) in [5.74, 6) is 1.94. The summed E-state index contributed by atoms with van der Waals surface area (Å²) in [6.45, 7) is 0. The predicted octanol–water partition coefficient (Wildman–Crippen LogP) is 1.22. The van der Waals surface area contributed by atoms with Gasteiger partial charge < -0.3 is 4.74 Å². The molecule has 1 heterocycles. The summed E-state index contributed by atoms with van der Waals surface area (Å²) in [7, 11) is 0. The summed E-state index contributed by atoms with van der Waals surface area (Å²) in [6, 6.07) is 0. The van der Waals surface area contributed by atoms with Crippen molar-refractivity contribution in [3.05, 3.63) is 12.3 Å². The van der Waals surface area contributed by atoms with Crippen LogP contribution in [-0.2, 0) is 4.74 Å². The van der Waals surface area contributed by atoms with Gasteiger partial charge in [-0.25, -0.2) is 0 Å². The third kappa shape index (κ3) is 0.937. The van der Waals surface area contributed by atoms with E-state index < -0.39 is 0 Å². The Balaban J connectivity index is 2.26. The molecule has 0 bridgehead atoms. The summed E-state index contributed by atoms with van der Waals surface area (Å²) >= 11 is 1.79. The SMILES string of the molecule is C1=COCSC1. The van der Waals surface area contributed by atoms with Gasteiger partial charge in [-0.15, -0.1) is 11.8 Å². The topological polar surface area (TPSA) is 9.23 Å². The fourth-order valence-corrected chi connectivity index (χ4v) is 0.797. The zero-order chi connectivity index (χ0) is 4.24. The minimum atomic E-state index is 0.830. The second-order valence-corrected chi connectivity index (χ2v) is 2.00. The normalized spacial score (nSPS) is 20.0. The van der Waals surface area contributed by atoms with Gasteiger partial charge in [0.15, 0.2) is 0 Å². The molecule has 34 valence electrons.